The zero-order valence-corrected chi connectivity index (χ0v) is 12.8. The summed E-state index contributed by atoms with van der Waals surface area (Å²) in [6.45, 7) is 5.64. The summed E-state index contributed by atoms with van der Waals surface area (Å²) in [6.07, 6.45) is -3.43. The Morgan fingerprint density at radius 1 is 1.32 bits per heavy atom. The van der Waals surface area contributed by atoms with Crippen molar-refractivity contribution in [3.05, 3.63) is 35.4 Å². The third-order valence-corrected chi connectivity index (χ3v) is 4.20. The van der Waals surface area contributed by atoms with Crippen LogP contribution in [-0.2, 0) is 17.5 Å². The van der Waals surface area contributed by atoms with Gasteiger partial charge in [0.25, 0.3) is 0 Å². The molecular formula is C16H21F3N2O. The minimum absolute atomic E-state index is 0.0908. The second-order valence-electron chi connectivity index (χ2n) is 5.91. The summed E-state index contributed by atoms with van der Waals surface area (Å²) in [4.78, 5) is 13.2. The fourth-order valence-electron chi connectivity index (χ4n) is 2.80. The van der Waals surface area contributed by atoms with E-state index in [1.54, 1.807) is 6.92 Å². The van der Waals surface area contributed by atoms with E-state index in [-0.39, 0.29) is 11.9 Å². The number of likely N-dealkylation sites (tertiary alicyclic amines) is 1. The van der Waals surface area contributed by atoms with Gasteiger partial charge in [-0.15, -0.1) is 0 Å². The molecule has 0 saturated carbocycles. The van der Waals surface area contributed by atoms with Gasteiger partial charge in [-0.05, 0) is 30.0 Å². The van der Waals surface area contributed by atoms with Crippen LogP contribution in [0.5, 0.6) is 0 Å². The Balaban J connectivity index is 1.87. The molecular weight excluding hydrogens is 293 g/mol. The van der Waals surface area contributed by atoms with E-state index in [9.17, 15) is 18.0 Å². The van der Waals surface area contributed by atoms with Crippen LogP contribution in [0.25, 0.3) is 0 Å². The van der Waals surface area contributed by atoms with Crippen molar-refractivity contribution in [2.75, 3.05) is 13.1 Å². The third kappa shape index (κ3) is 4.22. The summed E-state index contributed by atoms with van der Waals surface area (Å²) < 4.78 is 37.5. The quantitative estimate of drug-likeness (QED) is 0.930. The fraction of sp³-hybridized carbons (Fsp3) is 0.562. The number of amides is 1. The van der Waals surface area contributed by atoms with Gasteiger partial charge < -0.3 is 10.2 Å². The van der Waals surface area contributed by atoms with Crippen molar-refractivity contribution in [1.29, 1.82) is 0 Å². The van der Waals surface area contributed by atoms with Crippen molar-refractivity contribution in [3.63, 3.8) is 0 Å². The largest absolute Gasteiger partial charge is 0.416 e. The standard InChI is InChI=1S/C16H21F3N2O/c1-11-10-21(12(2)22)8-7-15(11)20-9-13-3-5-14(6-4-13)16(17,18)19/h3-6,11,15,20H,7-10H2,1-2H3/t11-,15+/m0/s1. The molecule has 1 saturated heterocycles. The number of carbonyl (C=O) groups excluding carboxylic acids is 1. The molecule has 0 unspecified atom stereocenters. The number of rotatable bonds is 3. The van der Waals surface area contributed by atoms with Crippen LogP contribution in [0, 0.1) is 5.92 Å². The Kier molecular flexibility index (Phi) is 5.11. The van der Waals surface area contributed by atoms with Gasteiger partial charge in [0.1, 0.15) is 0 Å². The molecule has 1 aliphatic heterocycles. The number of benzene rings is 1. The Labute approximate surface area is 128 Å². The molecule has 1 N–H and O–H groups in total. The molecule has 0 spiro atoms. The number of carbonyl (C=O) groups is 1. The maximum Gasteiger partial charge on any atom is 0.416 e. The lowest BCUT2D eigenvalue weighted by molar-refractivity contribution is -0.137. The molecule has 1 aliphatic rings. The maximum atomic E-state index is 12.5. The molecule has 1 aromatic rings. The molecule has 3 nitrogen and oxygen atoms in total. The number of hydrogen-bond donors (Lipinski definition) is 1. The first kappa shape index (κ1) is 16.8. The minimum Gasteiger partial charge on any atom is -0.343 e. The maximum absolute atomic E-state index is 12.5. The fourth-order valence-corrected chi connectivity index (χ4v) is 2.80. The molecule has 2 rings (SSSR count). The van der Waals surface area contributed by atoms with Crippen LogP contribution >= 0.6 is 0 Å². The smallest absolute Gasteiger partial charge is 0.343 e. The van der Waals surface area contributed by atoms with E-state index in [4.69, 9.17) is 0 Å². The number of halogens is 3. The van der Waals surface area contributed by atoms with E-state index in [1.807, 2.05) is 4.90 Å². The van der Waals surface area contributed by atoms with Gasteiger partial charge in [-0.2, -0.15) is 13.2 Å². The highest BCUT2D eigenvalue weighted by Crippen LogP contribution is 2.29. The highest BCUT2D eigenvalue weighted by atomic mass is 19.4. The molecule has 122 valence electrons. The Bertz CT molecular complexity index is 513. The molecule has 0 aromatic heterocycles. The van der Waals surface area contributed by atoms with E-state index >= 15 is 0 Å². The number of hydrogen-bond acceptors (Lipinski definition) is 2. The van der Waals surface area contributed by atoms with E-state index in [2.05, 4.69) is 12.2 Å². The minimum atomic E-state index is -4.29. The topological polar surface area (TPSA) is 32.3 Å². The predicted molar refractivity (Wildman–Crippen MR) is 78.1 cm³/mol. The molecule has 1 fully saturated rings. The van der Waals surface area contributed by atoms with Gasteiger partial charge in [0.2, 0.25) is 5.91 Å². The first-order chi connectivity index (χ1) is 10.3. The van der Waals surface area contributed by atoms with Gasteiger partial charge in [-0.1, -0.05) is 19.1 Å². The molecule has 22 heavy (non-hydrogen) atoms. The van der Waals surface area contributed by atoms with E-state index in [1.165, 1.54) is 12.1 Å². The van der Waals surface area contributed by atoms with Crippen LogP contribution in [-0.4, -0.2) is 29.9 Å². The van der Waals surface area contributed by atoms with Crippen LogP contribution in [0.4, 0.5) is 13.2 Å². The molecule has 6 heteroatoms. The molecule has 1 heterocycles. The molecule has 0 bridgehead atoms. The lowest BCUT2D eigenvalue weighted by Gasteiger charge is -2.37. The molecule has 2 atom stereocenters. The van der Waals surface area contributed by atoms with Crippen molar-refractivity contribution in [1.82, 2.24) is 10.2 Å². The van der Waals surface area contributed by atoms with Crippen LogP contribution < -0.4 is 5.32 Å². The second kappa shape index (κ2) is 6.69. The van der Waals surface area contributed by atoms with Crippen LogP contribution in [0.1, 0.15) is 31.4 Å². The van der Waals surface area contributed by atoms with Gasteiger partial charge in [-0.3, -0.25) is 4.79 Å². The predicted octanol–water partition coefficient (Wildman–Crippen LogP) is 3.05. The molecule has 1 aromatic carbocycles. The van der Waals surface area contributed by atoms with Crippen molar-refractivity contribution in [3.8, 4) is 0 Å². The summed E-state index contributed by atoms with van der Waals surface area (Å²) in [5, 5.41) is 3.39. The summed E-state index contributed by atoms with van der Waals surface area (Å²) in [7, 11) is 0. The van der Waals surface area contributed by atoms with Crippen molar-refractivity contribution in [2.24, 2.45) is 5.92 Å². The SMILES string of the molecule is CC(=O)N1CC[C@@H](NCc2ccc(C(F)(F)F)cc2)[C@@H](C)C1. The van der Waals surface area contributed by atoms with Gasteiger partial charge in [0.05, 0.1) is 5.56 Å². The normalized spacial score (nSPS) is 22.7. The van der Waals surface area contributed by atoms with Gasteiger partial charge >= 0.3 is 6.18 Å². The molecule has 0 aliphatic carbocycles. The van der Waals surface area contributed by atoms with Crippen LogP contribution in [0.2, 0.25) is 0 Å². The summed E-state index contributed by atoms with van der Waals surface area (Å²) in [5.74, 6) is 0.417. The summed E-state index contributed by atoms with van der Waals surface area (Å²) >= 11 is 0. The average Bonchev–Trinajstić information content (AvgIpc) is 2.45. The number of piperidine rings is 1. The highest BCUT2D eigenvalue weighted by Gasteiger charge is 2.30. The lowest BCUT2D eigenvalue weighted by Crippen LogP contribution is -2.49. The van der Waals surface area contributed by atoms with Crippen LogP contribution in [0.3, 0.4) is 0 Å². The zero-order valence-electron chi connectivity index (χ0n) is 12.8. The van der Waals surface area contributed by atoms with E-state index in [0.717, 1.165) is 37.2 Å². The van der Waals surface area contributed by atoms with Crippen molar-refractivity contribution in [2.45, 2.75) is 39.0 Å². The first-order valence-corrected chi connectivity index (χ1v) is 7.42. The van der Waals surface area contributed by atoms with Gasteiger partial charge in [0, 0.05) is 32.6 Å². The third-order valence-electron chi connectivity index (χ3n) is 4.20. The Hall–Kier alpha value is -1.56. The summed E-state index contributed by atoms with van der Waals surface area (Å²) in [5.41, 5.74) is 0.202. The highest BCUT2D eigenvalue weighted by molar-refractivity contribution is 5.73. The monoisotopic (exact) mass is 314 g/mol. The van der Waals surface area contributed by atoms with Crippen molar-refractivity contribution < 1.29 is 18.0 Å². The van der Waals surface area contributed by atoms with Crippen LogP contribution in [0.15, 0.2) is 24.3 Å². The Morgan fingerprint density at radius 3 is 2.45 bits per heavy atom. The zero-order chi connectivity index (χ0) is 16.3. The molecule has 0 radical (unpaired) electrons. The Morgan fingerprint density at radius 2 is 1.95 bits per heavy atom. The number of alkyl halides is 3. The average molecular weight is 314 g/mol. The number of nitrogens with one attached hydrogen (secondary N) is 1. The number of nitrogens with zero attached hydrogens (tertiary/aromatic N) is 1. The second-order valence-corrected chi connectivity index (χ2v) is 5.91. The molecule has 1 amide bonds. The van der Waals surface area contributed by atoms with E-state index in [0.29, 0.717) is 12.5 Å². The van der Waals surface area contributed by atoms with Gasteiger partial charge in [0.15, 0.2) is 0 Å². The first-order valence-electron chi connectivity index (χ1n) is 7.42. The lowest BCUT2D eigenvalue weighted by atomic mass is 9.93. The van der Waals surface area contributed by atoms with E-state index < -0.39 is 11.7 Å². The van der Waals surface area contributed by atoms with Gasteiger partial charge in [-0.25, -0.2) is 0 Å². The van der Waals surface area contributed by atoms with Crippen molar-refractivity contribution >= 4 is 5.91 Å². The summed E-state index contributed by atoms with van der Waals surface area (Å²) in [6, 6.07) is 5.51.